The van der Waals surface area contributed by atoms with Gasteiger partial charge >= 0.3 is 0 Å². The number of nitrogen functional groups attached to an aromatic ring is 1. The molecule has 1 aromatic heterocycles. The summed E-state index contributed by atoms with van der Waals surface area (Å²) in [5.74, 6) is -0.828. The van der Waals surface area contributed by atoms with E-state index in [2.05, 4.69) is 15.6 Å². The Morgan fingerprint density at radius 1 is 1.15 bits per heavy atom. The van der Waals surface area contributed by atoms with Crippen molar-refractivity contribution in [3.63, 3.8) is 0 Å². The number of benzene rings is 3. The lowest BCUT2D eigenvalue weighted by atomic mass is 9.82. The number of aliphatic hydroxyl groups excluding tert-OH is 1. The first kappa shape index (κ1) is 32.9. The average Bonchev–Trinajstić information content (AvgIpc) is 3.66. The van der Waals surface area contributed by atoms with Crippen molar-refractivity contribution < 1.29 is 24.2 Å². The molecule has 5 N–H and O–H groups in total. The Morgan fingerprint density at radius 2 is 1.91 bits per heavy atom. The molecule has 1 spiro atoms. The molecule has 47 heavy (non-hydrogen) atoms. The minimum absolute atomic E-state index is 0.0139. The molecule has 3 heterocycles. The number of hydrogen-bond donors (Lipinski definition) is 4. The monoisotopic (exact) mass is 674 g/mol. The van der Waals surface area contributed by atoms with E-state index in [9.17, 15) is 19.5 Å². The van der Waals surface area contributed by atoms with Gasteiger partial charge in [-0.2, -0.15) is 0 Å². The lowest BCUT2D eigenvalue weighted by molar-refractivity contribution is -0.146. The molecule has 13 heteroatoms. The summed E-state index contributed by atoms with van der Waals surface area (Å²) in [6.07, 6.45) is 2.29. The Balaban J connectivity index is 1.28. The van der Waals surface area contributed by atoms with Crippen LogP contribution in [0.1, 0.15) is 40.5 Å². The number of hydrogen-bond acceptors (Lipinski definition) is 8. The molecule has 3 aromatic carbocycles. The van der Waals surface area contributed by atoms with Gasteiger partial charge in [-0.25, -0.2) is 0 Å². The van der Waals surface area contributed by atoms with Crippen LogP contribution in [-0.4, -0.2) is 57.7 Å². The number of aromatic nitrogens is 3. The van der Waals surface area contributed by atoms with Gasteiger partial charge < -0.3 is 30.6 Å². The number of ether oxygens (including phenoxy) is 1. The van der Waals surface area contributed by atoms with Crippen LogP contribution in [0.3, 0.4) is 0 Å². The van der Waals surface area contributed by atoms with Crippen LogP contribution >= 0.6 is 11.6 Å². The van der Waals surface area contributed by atoms with Crippen LogP contribution < -0.4 is 16.0 Å². The predicted molar refractivity (Wildman–Crippen MR) is 182 cm³/mol. The highest BCUT2D eigenvalue weighted by atomic mass is 35.5. The van der Waals surface area contributed by atoms with Crippen LogP contribution in [0.4, 0.5) is 17.1 Å². The first-order valence-corrected chi connectivity index (χ1v) is 19.1. The number of amides is 2. The smallest absolute Gasteiger partial charge is 0.264 e. The minimum Gasteiger partial charge on any atom is -0.432 e. The van der Waals surface area contributed by atoms with Gasteiger partial charge in [-0.15, -0.1) is 5.10 Å². The van der Waals surface area contributed by atoms with E-state index in [1.165, 1.54) is 0 Å². The molecular weight excluding hydrogens is 636 g/mol. The molecule has 6 rings (SSSR count). The Morgan fingerprint density at radius 3 is 2.64 bits per heavy atom. The van der Waals surface area contributed by atoms with Crippen LogP contribution in [0.25, 0.3) is 0 Å². The van der Waals surface area contributed by atoms with E-state index >= 15 is 0 Å². The Labute approximate surface area is 279 Å². The van der Waals surface area contributed by atoms with Gasteiger partial charge in [-0.1, -0.05) is 35.9 Å². The third-order valence-corrected chi connectivity index (χ3v) is 12.0. The normalized spacial score (nSPS) is 22.2. The molecule has 11 nitrogen and oxygen atoms in total. The highest BCUT2D eigenvalue weighted by Gasteiger charge is 2.66. The SMILES string of the molecule is C[C@@H]1[C@@H]([Si](C)(C)O)[C@H](CCn2cc(CCO)nn2)O[C@@]12C(=O)N(Cc1cccc(NC(=O)c3ccc(N)cc3)c1)c1ccc(Cl)cc12. The number of aryl methyl sites for hydroxylation is 1. The molecule has 2 aliphatic rings. The second kappa shape index (κ2) is 12.9. The first-order chi connectivity index (χ1) is 22.4. The molecule has 4 aromatic rings. The second-order valence-corrected chi connectivity index (χ2v) is 17.3. The van der Waals surface area contributed by atoms with Crippen molar-refractivity contribution in [2.75, 3.05) is 22.6 Å². The standard InChI is InChI=1S/C34H39ClN6O5Si/c1-21-31(47(2,3)45)30(13-15-40-20-27(14-16-42)38-39-40)46-34(21)28-18-24(35)9-12-29(28)41(33(34)44)19-22-5-4-6-26(17-22)37-32(43)23-7-10-25(36)11-8-23/h4-12,17-18,20-21,30-31,42,45H,13-16,19,36H2,1-3H3,(H,37,43)/t21-,30+,31-,34+/m1/s1. The van der Waals surface area contributed by atoms with Crippen molar-refractivity contribution in [2.24, 2.45) is 5.92 Å². The van der Waals surface area contributed by atoms with E-state index in [0.29, 0.717) is 58.3 Å². The van der Waals surface area contributed by atoms with Crippen molar-refractivity contribution in [1.29, 1.82) is 0 Å². The van der Waals surface area contributed by atoms with Crippen molar-refractivity contribution in [3.05, 3.63) is 100 Å². The Bertz CT molecular complexity index is 1790. The third-order valence-electron chi connectivity index (χ3n) is 9.24. The summed E-state index contributed by atoms with van der Waals surface area (Å²) in [4.78, 5) is 40.9. The molecule has 4 atom stereocenters. The first-order valence-electron chi connectivity index (χ1n) is 15.7. The number of carbonyl (C=O) groups is 2. The molecule has 0 saturated carbocycles. The summed E-state index contributed by atoms with van der Waals surface area (Å²) >= 11 is 6.54. The van der Waals surface area contributed by atoms with Crippen LogP contribution in [-0.2, 0) is 34.6 Å². The number of nitrogens with zero attached hydrogens (tertiary/aromatic N) is 4. The largest absolute Gasteiger partial charge is 0.432 e. The van der Waals surface area contributed by atoms with E-state index in [1.54, 1.807) is 58.2 Å². The molecular formula is C34H39ClN6O5Si. The number of carbonyl (C=O) groups excluding carboxylic acids is 2. The number of halogens is 1. The predicted octanol–water partition coefficient (Wildman–Crippen LogP) is 4.74. The molecule has 2 aliphatic heterocycles. The van der Waals surface area contributed by atoms with Gasteiger partial charge in [-0.3, -0.25) is 14.3 Å². The van der Waals surface area contributed by atoms with Gasteiger partial charge in [0.05, 0.1) is 24.0 Å². The molecule has 0 radical (unpaired) electrons. The molecule has 0 unspecified atom stereocenters. The number of aliphatic hydroxyl groups is 1. The lowest BCUT2D eigenvalue weighted by Gasteiger charge is -2.32. The number of fused-ring (bicyclic) bond motifs is 2. The quantitative estimate of drug-likeness (QED) is 0.139. The fourth-order valence-electron chi connectivity index (χ4n) is 7.18. The molecule has 246 valence electrons. The topological polar surface area (TPSA) is 156 Å². The Kier molecular flexibility index (Phi) is 8.98. The number of nitrogens with one attached hydrogen (secondary N) is 1. The lowest BCUT2D eigenvalue weighted by Crippen LogP contribution is -2.46. The number of rotatable bonds is 10. The number of nitrogens with two attached hydrogens (primary N) is 1. The second-order valence-electron chi connectivity index (χ2n) is 12.9. The third kappa shape index (κ3) is 6.31. The summed E-state index contributed by atoms with van der Waals surface area (Å²) in [5, 5.41) is 21.0. The summed E-state index contributed by atoms with van der Waals surface area (Å²) in [6, 6.07) is 19.5. The van der Waals surface area contributed by atoms with Gasteiger partial charge in [0.2, 0.25) is 0 Å². The zero-order valence-corrected chi connectivity index (χ0v) is 28.3. The zero-order chi connectivity index (χ0) is 33.5. The van der Waals surface area contributed by atoms with Crippen molar-refractivity contribution in [3.8, 4) is 0 Å². The van der Waals surface area contributed by atoms with Gasteiger partial charge in [0.25, 0.3) is 11.8 Å². The van der Waals surface area contributed by atoms with Crippen LogP contribution in [0.15, 0.2) is 72.9 Å². The van der Waals surface area contributed by atoms with E-state index in [0.717, 1.165) is 5.56 Å². The highest BCUT2D eigenvalue weighted by Crippen LogP contribution is 2.60. The van der Waals surface area contributed by atoms with Gasteiger partial charge in [0.1, 0.15) is 0 Å². The maximum Gasteiger partial charge on any atom is 0.264 e. The fraction of sp³-hybridized carbons (Fsp3) is 0.353. The molecule has 1 fully saturated rings. The number of anilines is 3. The average molecular weight is 675 g/mol. The van der Waals surface area contributed by atoms with Gasteiger partial charge in [-0.05, 0) is 79.7 Å². The van der Waals surface area contributed by atoms with E-state index in [1.807, 2.05) is 44.3 Å². The maximum atomic E-state index is 14.7. The summed E-state index contributed by atoms with van der Waals surface area (Å²) in [6.45, 7) is 6.46. The van der Waals surface area contributed by atoms with E-state index < -0.39 is 20.0 Å². The molecule has 0 aliphatic carbocycles. The van der Waals surface area contributed by atoms with Gasteiger partial charge in [0.15, 0.2) is 13.9 Å². The molecule has 2 amide bonds. The summed E-state index contributed by atoms with van der Waals surface area (Å²) < 4.78 is 8.60. The van der Waals surface area contributed by atoms with E-state index in [-0.39, 0.29) is 36.4 Å². The summed E-state index contributed by atoms with van der Waals surface area (Å²) in [7, 11) is -2.86. The van der Waals surface area contributed by atoms with Crippen molar-refractivity contribution in [2.45, 2.75) is 63.2 Å². The van der Waals surface area contributed by atoms with Crippen molar-refractivity contribution in [1.82, 2.24) is 15.0 Å². The van der Waals surface area contributed by atoms with Gasteiger partial charge in [0, 0.05) is 64.8 Å². The van der Waals surface area contributed by atoms with Crippen LogP contribution in [0, 0.1) is 5.92 Å². The van der Waals surface area contributed by atoms with E-state index in [4.69, 9.17) is 22.1 Å². The van der Waals surface area contributed by atoms with Crippen LogP contribution in [0.5, 0.6) is 0 Å². The minimum atomic E-state index is -2.86. The maximum absolute atomic E-state index is 14.7. The molecule has 1 saturated heterocycles. The highest BCUT2D eigenvalue weighted by molar-refractivity contribution is 6.71. The fourth-order valence-corrected chi connectivity index (χ4v) is 9.96. The Hall–Kier alpha value is -4.07. The molecule has 0 bridgehead atoms. The van der Waals surface area contributed by atoms with Crippen LogP contribution in [0.2, 0.25) is 23.7 Å². The van der Waals surface area contributed by atoms with Crippen molar-refractivity contribution >= 4 is 48.8 Å². The zero-order valence-electron chi connectivity index (χ0n) is 26.6. The summed E-state index contributed by atoms with van der Waals surface area (Å²) in [5.41, 5.74) is 8.70.